The summed E-state index contributed by atoms with van der Waals surface area (Å²) in [7, 11) is 0. The molecule has 0 aromatic carbocycles. The summed E-state index contributed by atoms with van der Waals surface area (Å²) >= 11 is 5.59. The Labute approximate surface area is 87.7 Å². The van der Waals surface area contributed by atoms with Gasteiger partial charge >= 0.3 is 6.95 Å². The van der Waals surface area contributed by atoms with Crippen LogP contribution < -0.4 is 0 Å². The maximum atomic E-state index is 11.4. The van der Waals surface area contributed by atoms with Gasteiger partial charge in [0.1, 0.15) is 0 Å². The maximum absolute atomic E-state index is 11.4. The fraction of sp³-hybridized carbons (Fsp3) is 0.778. The third kappa shape index (κ3) is 1.38. The Morgan fingerprint density at radius 3 is 2.14 bits per heavy atom. The van der Waals surface area contributed by atoms with E-state index in [9.17, 15) is 4.57 Å². The van der Waals surface area contributed by atoms with Gasteiger partial charge in [0.15, 0.2) is 0 Å². The predicted molar refractivity (Wildman–Crippen MR) is 53.1 cm³/mol. The van der Waals surface area contributed by atoms with Crippen molar-refractivity contribution in [3.05, 3.63) is 12.2 Å². The minimum atomic E-state index is -3.26. The first-order chi connectivity index (χ1) is 6.66. The van der Waals surface area contributed by atoms with Crippen molar-refractivity contribution in [2.45, 2.75) is 6.42 Å². The minimum Gasteiger partial charge on any atom is -0.297 e. The first kappa shape index (κ1) is 9.41. The first-order valence-corrected chi connectivity index (χ1v) is 7.37. The Morgan fingerprint density at radius 2 is 1.64 bits per heavy atom. The summed E-state index contributed by atoms with van der Waals surface area (Å²) in [5, 5.41) is 0. The van der Waals surface area contributed by atoms with E-state index in [1.165, 1.54) is 6.42 Å². The summed E-state index contributed by atoms with van der Waals surface area (Å²) in [5.74, 6) is 2.09. The van der Waals surface area contributed by atoms with Crippen LogP contribution >= 0.6 is 18.2 Å². The van der Waals surface area contributed by atoms with Crippen LogP contribution in [0.1, 0.15) is 6.42 Å². The van der Waals surface area contributed by atoms with Crippen LogP contribution in [0.2, 0.25) is 0 Å². The molecule has 2 fully saturated rings. The van der Waals surface area contributed by atoms with E-state index in [0.717, 1.165) is 0 Å². The molecular weight excluding hydrogens is 223 g/mol. The molecule has 0 radical (unpaired) electrons. The summed E-state index contributed by atoms with van der Waals surface area (Å²) in [5.41, 5.74) is 0. The monoisotopic (exact) mass is 234 g/mol. The molecule has 0 spiro atoms. The number of rotatable bonds is 0. The highest BCUT2D eigenvalue weighted by molar-refractivity contribution is 7.81. The number of fused-ring (bicyclic) bond motifs is 5. The zero-order chi connectivity index (χ0) is 9.76. The number of halogens is 1. The van der Waals surface area contributed by atoms with Gasteiger partial charge in [-0.2, -0.15) is 0 Å². The molecule has 78 valence electrons. The van der Waals surface area contributed by atoms with Gasteiger partial charge in [0.25, 0.3) is 0 Å². The van der Waals surface area contributed by atoms with E-state index >= 15 is 0 Å². The normalized spacial score (nSPS) is 55.8. The van der Waals surface area contributed by atoms with Crippen molar-refractivity contribution in [1.82, 2.24) is 0 Å². The molecule has 3 aliphatic rings. The molecule has 0 N–H and O–H groups in total. The van der Waals surface area contributed by atoms with Gasteiger partial charge in [0.05, 0.1) is 13.2 Å². The molecule has 1 heterocycles. The van der Waals surface area contributed by atoms with Crippen molar-refractivity contribution in [1.29, 1.82) is 0 Å². The van der Waals surface area contributed by atoms with Crippen LogP contribution in [0.5, 0.6) is 0 Å². The van der Waals surface area contributed by atoms with Gasteiger partial charge in [-0.1, -0.05) is 12.2 Å². The van der Waals surface area contributed by atoms with E-state index in [1.807, 2.05) is 0 Å². The topological polar surface area (TPSA) is 35.5 Å². The standard InChI is InChI=1S/C9H12ClO3P/c10-14(11)12-4-8-6-1-2-7(3-6)9(8)5-13-14/h1-2,6-9H,3-5H2/t6-,7?,8+,9?,14?/m1/s1. The molecule has 0 aromatic rings. The summed E-state index contributed by atoms with van der Waals surface area (Å²) in [6, 6.07) is 0. The minimum absolute atomic E-state index is 0.458. The van der Waals surface area contributed by atoms with E-state index in [4.69, 9.17) is 20.3 Å². The van der Waals surface area contributed by atoms with Crippen molar-refractivity contribution in [2.75, 3.05) is 13.2 Å². The third-order valence-corrected chi connectivity index (χ3v) is 5.14. The molecule has 0 aromatic heterocycles. The van der Waals surface area contributed by atoms with Gasteiger partial charge in [-0.3, -0.25) is 9.05 Å². The summed E-state index contributed by atoms with van der Waals surface area (Å²) < 4.78 is 21.7. The van der Waals surface area contributed by atoms with E-state index in [2.05, 4.69) is 12.2 Å². The molecule has 3 unspecified atom stereocenters. The molecule has 1 aliphatic heterocycles. The SMILES string of the molecule is O=P1(Cl)OCC2C3C=C[C@H](C3)[C@@H]2CO1. The van der Waals surface area contributed by atoms with Crippen molar-refractivity contribution in [2.24, 2.45) is 23.7 Å². The molecule has 3 rings (SSSR count). The van der Waals surface area contributed by atoms with Gasteiger partial charge < -0.3 is 0 Å². The highest BCUT2D eigenvalue weighted by Gasteiger charge is 2.47. The molecule has 5 atom stereocenters. The van der Waals surface area contributed by atoms with E-state index < -0.39 is 6.95 Å². The van der Waals surface area contributed by atoms with Crippen molar-refractivity contribution >= 4 is 18.2 Å². The van der Waals surface area contributed by atoms with Crippen LogP contribution in [-0.4, -0.2) is 13.2 Å². The van der Waals surface area contributed by atoms with Crippen LogP contribution in [0.25, 0.3) is 0 Å². The quantitative estimate of drug-likeness (QED) is 0.478. The van der Waals surface area contributed by atoms with Crippen LogP contribution in [-0.2, 0) is 13.6 Å². The average Bonchev–Trinajstić information content (AvgIpc) is 2.67. The first-order valence-electron chi connectivity index (χ1n) is 4.93. The van der Waals surface area contributed by atoms with Crippen molar-refractivity contribution < 1.29 is 13.6 Å². The van der Waals surface area contributed by atoms with Gasteiger partial charge in [-0.05, 0) is 30.1 Å². The zero-order valence-electron chi connectivity index (χ0n) is 7.64. The van der Waals surface area contributed by atoms with Gasteiger partial charge in [-0.25, -0.2) is 4.57 Å². The highest BCUT2D eigenvalue weighted by atomic mass is 35.7. The second-order valence-electron chi connectivity index (χ2n) is 4.30. The van der Waals surface area contributed by atoms with E-state index in [0.29, 0.717) is 36.9 Å². The number of allylic oxidation sites excluding steroid dienone is 2. The molecule has 0 amide bonds. The lowest BCUT2D eigenvalue weighted by Gasteiger charge is -2.23. The van der Waals surface area contributed by atoms with Crippen LogP contribution in [0, 0.1) is 23.7 Å². The van der Waals surface area contributed by atoms with Crippen molar-refractivity contribution in [3.8, 4) is 0 Å². The van der Waals surface area contributed by atoms with Gasteiger partial charge in [0, 0.05) is 11.2 Å². The van der Waals surface area contributed by atoms with E-state index in [1.54, 1.807) is 0 Å². The molecule has 3 nitrogen and oxygen atoms in total. The lowest BCUT2D eigenvalue weighted by atomic mass is 9.84. The van der Waals surface area contributed by atoms with Crippen LogP contribution in [0.4, 0.5) is 0 Å². The summed E-state index contributed by atoms with van der Waals surface area (Å²) in [4.78, 5) is 0. The maximum Gasteiger partial charge on any atom is 0.424 e. The Hall–Kier alpha value is 0.180. The van der Waals surface area contributed by atoms with Crippen LogP contribution in [0.3, 0.4) is 0 Å². The van der Waals surface area contributed by atoms with Crippen molar-refractivity contribution in [3.63, 3.8) is 0 Å². The molecular formula is C9H12ClO3P. The molecule has 2 aliphatic carbocycles. The predicted octanol–water partition coefficient (Wildman–Crippen LogP) is 2.82. The molecule has 5 heteroatoms. The lowest BCUT2D eigenvalue weighted by Crippen LogP contribution is -2.24. The second kappa shape index (κ2) is 3.08. The fourth-order valence-corrected chi connectivity index (χ4v) is 4.02. The summed E-state index contributed by atoms with van der Waals surface area (Å²) in [6.45, 7) is -2.30. The van der Waals surface area contributed by atoms with Gasteiger partial charge in [-0.15, -0.1) is 0 Å². The molecule has 1 saturated heterocycles. The fourth-order valence-electron chi connectivity index (χ4n) is 2.91. The Morgan fingerprint density at radius 1 is 1.14 bits per heavy atom. The Bertz CT molecular complexity index is 304. The Balaban J connectivity index is 1.84. The lowest BCUT2D eigenvalue weighted by molar-refractivity contribution is 0.197. The second-order valence-corrected chi connectivity index (χ2v) is 6.92. The zero-order valence-corrected chi connectivity index (χ0v) is 9.29. The molecule has 14 heavy (non-hydrogen) atoms. The molecule has 1 saturated carbocycles. The average molecular weight is 235 g/mol. The largest absolute Gasteiger partial charge is 0.424 e. The number of hydrogen-bond donors (Lipinski definition) is 0. The van der Waals surface area contributed by atoms with Gasteiger partial charge in [0.2, 0.25) is 0 Å². The summed E-state index contributed by atoms with van der Waals surface area (Å²) in [6.07, 6.45) is 5.70. The molecule has 2 bridgehead atoms. The van der Waals surface area contributed by atoms with E-state index in [-0.39, 0.29) is 0 Å². The number of hydrogen-bond acceptors (Lipinski definition) is 3. The highest BCUT2D eigenvalue weighted by Crippen LogP contribution is 2.60. The smallest absolute Gasteiger partial charge is 0.297 e. The third-order valence-electron chi connectivity index (χ3n) is 3.64. The van der Waals surface area contributed by atoms with Crippen LogP contribution in [0.15, 0.2) is 12.2 Å². The Kier molecular flexibility index (Phi) is 2.07.